The van der Waals surface area contributed by atoms with Crippen molar-refractivity contribution in [1.29, 1.82) is 0 Å². The van der Waals surface area contributed by atoms with Crippen molar-refractivity contribution in [3.05, 3.63) is 60.2 Å². The normalized spacial score (nSPS) is 11.2. The summed E-state index contributed by atoms with van der Waals surface area (Å²) in [7, 11) is 0. The van der Waals surface area contributed by atoms with Crippen LogP contribution in [0.1, 0.15) is 5.56 Å². The van der Waals surface area contributed by atoms with Gasteiger partial charge < -0.3 is 4.74 Å². The predicted molar refractivity (Wildman–Crippen MR) is 90.8 cm³/mol. The highest BCUT2D eigenvalue weighted by atomic mass is 32.2. The van der Waals surface area contributed by atoms with Gasteiger partial charge in [0.1, 0.15) is 11.6 Å². The molecular formula is C17H14N4OS. The van der Waals surface area contributed by atoms with Gasteiger partial charge in [-0.2, -0.15) is 9.50 Å². The zero-order valence-electron chi connectivity index (χ0n) is 12.5. The fraction of sp³-hybridized carbons (Fsp3) is 0.118. The van der Waals surface area contributed by atoms with Crippen molar-refractivity contribution in [3.8, 4) is 6.01 Å². The second-order valence-corrected chi connectivity index (χ2v) is 5.81. The highest BCUT2D eigenvalue weighted by molar-refractivity contribution is 7.98. The maximum absolute atomic E-state index is 5.71. The molecule has 114 valence electrons. The van der Waals surface area contributed by atoms with Gasteiger partial charge in [0, 0.05) is 5.39 Å². The third kappa shape index (κ3) is 2.61. The number of ether oxygens (including phenoxy) is 1. The molecule has 0 aliphatic heterocycles. The van der Waals surface area contributed by atoms with E-state index in [1.54, 1.807) is 16.3 Å². The molecule has 0 aliphatic rings. The molecule has 0 fully saturated rings. The number of thioether (sulfide) groups is 1. The first-order valence-corrected chi connectivity index (χ1v) is 8.44. The van der Waals surface area contributed by atoms with Crippen molar-refractivity contribution in [1.82, 2.24) is 19.6 Å². The van der Waals surface area contributed by atoms with E-state index in [-0.39, 0.29) is 0 Å². The van der Waals surface area contributed by atoms with Crippen molar-refractivity contribution >= 4 is 28.4 Å². The van der Waals surface area contributed by atoms with Gasteiger partial charge in [0.2, 0.25) is 0 Å². The molecule has 0 atom stereocenters. The summed E-state index contributed by atoms with van der Waals surface area (Å²) >= 11 is 1.60. The van der Waals surface area contributed by atoms with Gasteiger partial charge in [-0.3, -0.25) is 0 Å². The Labute approximate surface area is 137 Å². The third-order valence-corrected chi connectivity index (χ3v) is 4.24. The summed E-state index contributed by atoms with van der Waals surface area (Å²) in [6, 6.07) is 18.3. The highest BCUT2D eigenvalue weighted by Gasteiger charge is 2.12. The second-order valence-electron chi connectivity index (χ2n) is 5.02. The minimum atomic E-state index is 0.338. The lowest BCUT2D eigenvalue weighted by molar-refractivity contribution is 0.281. The Morgan fingerprint density at radius 2 is 1.78 bits per heavy atom. The maximum atomic E-state index is 5.71. The van der Waals surface area contributed by atoms with E-state index in [1.165, 1.54) is 0 Å². The number of benzene rings is 2. The quantitative estimate of drug-likeness (QED) is 0.424. The Bertz CT molecular complexity index is 968. The van der Waals surface area contributed by atoms with Crippen LogP contribution >= 0.6 is 11.8 Å². The average molecular weight is 322 g/mol. The van der Waals surface area contributed by atoms with Crippen LogP contribution in [0.25, 0.3) is 16.7 Å². The van der Waals surface area contributed by atoms with Crippen LogP contribution in [-0.2, 0) is 6.61 Å². The van der Waals surface area contributed by atoms with Gasteiger partial charge >= 0.3 is 6.01 Å². The van der Waals surface area contributed by atoms with E-state index in [9.17, 15) is 0 Å². The molecule has 0 unspecified atom stereocenters. The molecule has 2 aromatic carbocycles. The minimum Gasteiger partial charge on any atom is -0.457 e. The Morgan fingerprint density at radius 3 is 2.61 bits per heavy atom. The Morgan fingerprint density at radius 1 is 1.00 bits per heavy atom. The molecule has 0 N–H and O–H groups in total. The first-order valence-electron chi connectivity index (χ1n) is 7.21. The third-order valence-electron chi connectivity index (χ3n) is 3.54. The van der Waals surface area contributed by atoms with E-state index in [2.05, 4.69) is 15.1 Å². The number of rotatable bonds is 4. The fourth-order valence-corrected chi connectivity index (χ4v) is 3.01. The molecule has 0 bridgehead atoms. The van der Waals surface area contributed by atoms with Gasteiger partial charge in [0.15, 0.2) is 0 Å². The molecular weight excluding hydrogens is 308 g/mol. The molecule has 0 saturated carbocycles. The van der Waals surface area contributed by atoms with Crippen molar-refractivity contribution in [2.24, 2.45) is 0 Å². The number of para-hydroxylation sites is 1. The van der Waals surface area contributed by atoms with Crippen molar-refractivity contribution in [2.45, 2.75) is 11.6 Å². The van der Waals surface area contributed by atoms with Crippen LogP contribution in [-0.4, -0.2) is 25.8 Å². The van der Waals surface area contributed by atoms with E-state index in [1.807, 2.05) is 60.9 Å². The van der Waals surface area contributed by atoms with Gasteiger partial charge in [-0.05, 0) is 17.9 Å². The molecule has 2 heterocycles. The van der Waals surface area contributed by atoms with Crippen LogP contribution in [0.15, 0.2) is 59.6 Å². The Hall–Kier alpha value is -2.60. The van der Waals surface area contributed by atoms with Crippen molar-refractivity contribution in [3.63, 3.8) is 0 Å². The van der Waals surface area contributed by atoms with E-state index in [0.29, 0.717) is 18.4 Å². The van der Waals surface area contributed by atoms with Crippen LogP contribution in [0.5, 0.6) is 6.01 Å². The summed E-state index contributed by atoms with van der Waals surface area (Å²) in [4.78, 5) is 8.96. The summed E-state index contributed by atoms with van der Waals surface area (Å²) in [6.07, 6.45) is 2.01. The summed E-state index contributed by atoms with van der Waals surface area (Å²) in [6.45, 7) is 0.436. The lowest BCUT2D eigenvalue weighted by atomic mass is 10.2. The van der Waals surface area contributed by atoms with Gasteiger partial charge in [0.05, 0.1) is 5.52 Å². The second kappa shape index (κ2) is 5.89. The molecule has 6 heteroatoms. The molecule has 23 heavy (non-hydrogen) atoms. The van der Waals surface area contributed by atoms with Gasteiger partial charge in [-0.1, -0.05) is 48.5 Å². The largest absolute Gasteiger partial charge is 0.457 e. The molecule has 0 amide bonds. The number of hydrogen-bond donors (Lipinski definition) is 0. The molecule has 0 saturated heterocycles. The van der Waals surface area contributed by atoms with Crippen molar-refractivity contribution in [2.75, 3.05) is 6.26 Å². The van der Waals surface area contributed by atoms with Gasteiger partial charge in [-0.15, -0.1) is 16.9 Å². The highest BCUT2D eigenvalue weighted by Crippen LogP contribution is 2.25. The van der Waals surface area contributed by atoms with Crippen LogP contribution in [0.4, 0.5) is 0 Å². The molecule has 0 aliphatic carbocycles. The average Bonchev–Trinajstić information content (AvgIpc) is 3.03. The lowest BCUT2D eigenvalue weighted by Gasteiger charge is -2.03. The van der Waals surface area contributed by atoms with Crippen LogP contribution in [0.2, 0.25) is 0 Å². The van der Waals surface area contributed by atoms with Crippen LogP contribution in [0.3, 0.4) is 0 Å². The van der Waals surface area contributed by atoms with Crippen molar-refractivity contribution < 1.29 is 4.74 Å². The van der Waals surface area contributed by atoms with Crippen LogP contribution in [0, 0.1) is 0 Å². The molecule has 4 rings (SSSR count). The smallest absolute Gasteiger partial charge is 0.338 e. The Kier molecular flexibility index (Phi) is 3.59. The molecule has 5 nitrogen and oxygen atoms in total. The maximum Gasteiger partial charge on any atom is 0.338 e. The fourth-order valence-electron chi connectivity index (χ4n) is 2.45. The monoisotopic (exact) mass is 322 g/mol. The first-order chi connectivity index (χ1) is 11.3. The van der Waals surface area contributed by atoms with Crippen LogP contribution < -0.4 is 4.74 Å². The van der Waals surface area contributed by atoms with E-state index in [0.717, 1.165) is 21.5 Å². The minimum absolute atomic E-state index is 0.338. The molecule has 4 aromatic rings. The van der Waals surface area contributed by atoms with E-state index < -0.39 is 0 Å². The lowest BCUT2D eigenvalue weighted by Crippen LogP contribution is -1.97. The first kappa shape index (κ1) is 14.0. The molecule has 2 aromatic heterocycles. The summed E-state index contributed by atoms with van der Waals surface area (Å²) in [5, 5.41) is 6.44. The number of hydrogen-bond acceptors (Lipinski definition) is 5. The van der Waals surface area contributed by atoms with Gasteiger partial charge in [0.25, 0.3) is 5.78 Å². The number of aromatic nitrogens is 4. The summed E-state index contributed by atoms with van der Waals surface area (Å²) in [5.74, 6) is 0.552. The number of fused-ring (bicyclic) bond motifs is 3. The topological polar surface area (TPSA) is 52.3 Å². The molecule has 0 spiro atoms. The number of nitrogens with zero attached hydrogens (tertiary/aromatic N) is 4. The summed E-state index contributed by atoms with van der Waals surface area (Å²) in [5.41, 5.74) is 2.05. The zero-order valence-corrected chi connectivity index (χ0v) is 13.3. The van der Waals surface area contributed by atoms with Gasteiger partial charge in [-0.25, -0.2) is 4.98 Å². The standard InChI is InChI=1S/C17H14N4OS/c1-23-15-13-9-5-6-10-14(13)21-16(18-15)19-17(20-21)22-11-12-7-3-2-4-8-12/h2-10H,11H2,1H3. The SMILES string of the molecule is CSc1nc2nc(OCc3ccccc3)nn2c2ccccc12. The molecule has 0 radical (unpaired) electrons. The zero-order chi connectivity index (χ0) is 15.6. The van der Waals surface area contributed by atoms with E-state index in [4.69, 9.17) is 4.74 Å². The van der Waals surface area contributed by atoms with E-state index >= 15 is 0 Å². The summed E-state index contributed by atoms with van der Waals surface area (Å²) < 4.78 is 7.44. The Balaban J connectivity index is 1.74. The predicted octanol–water partition coefficient (Wildman–Crippen LogP) is 3.58.